The minimum absolute atomic E-state index is 0.237. The van der Waals surface area contributed by atoms with Gasteiger partial charge < -0.3 is 4.74 Å². The summed E-state index contributed by atoms with van der Waals surface area (Å²) in [5.41, 5.74) is 1.60. The number of halogens is 1. The van der Waals surface area contributed by atoms with Crippen LogP contribution in [0.2, 0.25) is 5.02 Å². The number of anilines is 1. The van der Waals surface area contributed by atoms with Gasteiger partial charge in [-0.3, -0.25) is 4.72 Å². The Morgan fingerprint density at radius 2 is 1.43 bits per heavy atom. The van der Waals surface area contributed by atoms with E-state index in [9.17, 15) is 8.42 Å². The van der Waals surface area contributed by atoms with Crippen LogP contribution in [0.4, 0.5) is 5.69 Å². The van der Waals surface area contributed by atoms with Gasteiger partial charge in [-0.2, -0.15) is 0 Å². The van der Waals surface area contributed by atoms with E-state index in [1.807, 2.05) is 12.1 Å². The highest BCUT2D eigenvalue weighted by molar-refractivity contribution is 7.92. The fourth-order valence-corrected chi connectivity index (χ4v) is 3.84. The Balaban J connectivity index is 1.69. The third-order valence-electron chi connectivity index (χ3n) is 4.53. The average Bonchev–Trinajstić information content (AvgIpc) is 2.70. The predicted octanol–water partition coefficient (Wildman–Crippen LogP) is 6.45. The molecule has 0 aliphatic heterocycles. The molecular formula is C22H22ClNO3S. The summed E-state index contributed by atoms with van der Waals surface area (Å²) in [6.45, 7) is 4.23. The van der Waals surface area contributed by atoms with Gasteiger partial charge in [-0.05, 0) is 78.6 Å². The Morgan fingerprint density at radius 3 is 1.96 bits per heavy atom. The minimum atomic E-state index is -3.64. The molecule has 3 aromatic rings. The molecule has 0 heterocycles. The van der Waals surface area contributed by atoms with Crippen molar-refractivity contribution in [1.29, 1.82) is 0 Å². The van der Waals surface area contributed by atoms with Gasteiger partial charge in [-0.25, -0.2) is 8.42 Å². The highest BCUT2D eigenvalue weighted by atomic mass is 35.5. The van der Waals surface area contributed by atoms with Gasteiger partial charge in [0, 0.05) is 10.7 Å². The number of nitrogens with one attached hydrogen (secondary N) is 1. The Morgan fingerprint density at radius 1 is 0.893 bits per heavy atom. The summed E-state index contributed by atoms with van der Waals surface area (Å²) in [5, 5.41) is 0.634. The number of benzene rings is 3. The summed E-state index contributed by atoms with van der Waals surface area (Å²) in [6.07, 6.45) is 1.01. The summed E-state index contributed by atoms with van der Waals surface area (Å²) in [5.74, 6) is 1.65. The average molecular weight is 416 g/mol. The van der Waals surface area contributed by atoms with E-state index in [4.69, 9.17) is 16.3 Å². The number of sulfonamides is 1. The summed E-state index contributed by atoms with van der Waals surface area (Å²) in [4.78, 5) is 0.237. The highest BCUT2D eigenvalue weighted by Crippen LogP contribution is 2.26. The maximum atomic E-state index is 12.6. The number of ether oxygens (including phenoxy) is 1. The molecule has 1 atom stereocenters. The maximum absolute atomic E-state index is 12.6. The molecule has 4 nitrogen and oxygen atoms in total. The lowest BCUT2D eigenvalue weighted by Gasteiger charge is -2.12. The second-order valence-electron chi connectivity index (χ2n) is 6.56. The Bertz CT molecular complexity index is 1010. The molecule has 0 saturated heterocycles. The van der Waals surface area contributed by atoms with Gasteiger partial charge in [-0.15, -0.1) is 0 Å². The smallest absolute Gasteiger partial charge is 0.261 e. The topological polar surface area (TPSA) is 55.4 Å². The zero-order chi connectivity index (χ0) is 20.1. The van der Waals surface area contributed by atoms with E-state index in [2.05, 4.69) is 18.6 Å². The van der Waals surface area contributed by atoms with E-state index in [0.717, 1.165) is 12.0 Å². The van der Waals surface area contributed by atoms with E-state index < -0.39 is 10.0 Å². The minimum Gasteiger partial charge on any atom is -0.457 e. The maximum Gasteiger partial charge on any atom is 0.261 e. The highest BCUT2D eigenvalue weighted by Gasteiger charge is 2.15. The Labute approximate surface area is 171 Å². The number of hydrogen-bond acceptors (Lipinski definition) is 3. The fraction of sp³-hybridized carbons (Fsp3) is 0.182. The van der Waals surface area contributed by atoms with Crippen molar-refractivity contribution in [1.82, 2.24) is 0 Å². The normalized spacial score (nSPS) is 12.4. The monoisotopic (exact) mass is 415 g/mol. The molecule has 0 saturated carbocycles. The summed E-state index contributed by atoms with van der Waals surface area (Å²) >= 11 is 5.86. The zero-order valence-electron chi connectivity index (χ0n) is 15.7. The van der Waals surface area contributed by atoms with Crippen LogP contribution in [0.5, 0.6) is 11.5 Å². The third kappa shape index (κ3) is 5.06. The van der Waals surface area contributed by atoms with Crippen LogP contribution in [0.15, 0.2) is 77.7 Å². The molecule has 0 spiro atoms. The molecule has 1 unspecified atom stereocenters. The molecule has 1 N–H and O–H groups in total. The van der Waals surface area contributed by atoms with Gasteiger partial charge in [0.25, 0.3) is 10.0 Å². The summed E-state index contributed by atoms with van der Waals surface area (Å²) in [7, 11) is -3.64. The van der Waals surface area contributed by atoms with Crippen molar-refractivity contribution in [3.63, 3.8) is 0 Å². The second kappa shape index (κ2) is 8.67. The first-order chi connectivity index (χ1) is 13.4. The van der Waals surface area contributed by atoms with Gasteiger partial charge >= 0.3 is 0 Å². The summed E-state index contributed by atoms with van der Waals surface area (Å²) in [6, 6.07) is 20.8. The van der Waals surface area contributed by atoms with E-state index in [1.54, 1.807) is 60.7 Å². The first-order valence-electron chi connectivity index (χ1n) is 9.03. The van der Waals surface area contributed by atoms with Crippen LogP contribution in [-0.2, 0) is 10.0 Å². The van der Waals surface area contributed by atoms with Crippen LogP contribution in [0.1, 0.15) is 31.7 Å². The van der Waals surface area contributed by atoms with Gasteiger partial charge in [0.2, 0.25) is 0 Å². The molecule has 6 heteroatoms. The molecule has 3 aromatic carbocycles. The van der Waals surface area contributed by atoms with Crippen LogP contribution in [0, 0.1) is 0 Å². The van der Waals surface area contributed by atoms with Gasteiger partial charge in [-0.1, -0.05) is 37.6 Å². The lowest BCUT2D eigenvalue weighted by molar-refractivity contribution is 0.483. The molecule has 0 aliphatic rings. The predicted molar refractivity (Wildman–Crippen MR) is 114 cm³/mol. The lowest BCUT2D eigenvalue weighted by Crippen LogP contribution is -2.13. The molecule has 28 heavy (non-hydrogen) atoms. The zero-order valence-corrected chi connectivity index (χ0v) is 17.3. The molecule has 0 bridgehead atoms. The van der Waals surface area contributed by atoms with E-state index >= 15 is 0 Å². The summed E-state index contributed by atoms with van der Waals surface area (Å²) < 4.78 is 33.5. The van der Waals surface area contributed by atoms with Crippen molar-refractivity contribution in [2.24, 2.45) is 0 Å². The van der Waals surface area contributed by atoms with Crippen LogP contribution in [0.3, 0.4) is 0 Å². The third-order valence-corrected chi connectivity index (χ3v) is 6.18. The molecule has 0 fully saturated rings. The quantitative estimate of drug-likeness (QED) is 0.482. The van der Waals surface area contributed by atoms with Gasteiger partial charge in [0.15, 0.2) is 0 Å². The molecule has 0 radical (unpaired) electrons. The van der Waals surface area contributed by atoms with Crippen molar-refractivity contribution in [3.05, 3.63) is 83.4 Å². The first-order valence-corrected chi connectivity index (χ1v) is 10.9. The van der Waals surface area contributed by atoms with Gasteiger partial charge in [0.1, 0.15) is 11.5 Å². The lowest BCUT2D eigenvalue weighted by atomic mass is 9.99. The second-order valence-corrected chi connectivity index (χ2v) is 8.68. The molecule has 0 aromatic heterocycles. The van der Waals surface area contributed by atoms with Crippen molar-refractivity contribution >= 4 is 27.3 Å². The van der Waals surface area contributed by atoms with Crippen LogP contribution < -0.4 is 9.46 Å². The van der Waals surface area contributed by atoms with Crippen molar-refractivity contribution in [2.75, 3.05) is 4.72 Å². The van der Waals surface area contributed by atoms with Gasteiger partial charge in [0.05, 0.1) is 4.90 Å². The van der Waals surface area contributed by atoms with Crippen LogP contribution in [0.25, 0.3) is 0 Å². The van der Waals surface area contributed by atoms with E-state index in [0.29, 0.717) is 28.1 Å². The largest absolute Gasteiger partial charge is 0.457 e. The molecular weight excluding hydrogens is 394 g/mol. The van der Waals surface area contributed by atoms with Crippen LogP contribution in [-0.4, -0.2) is 8.42 Å². The van der Waals surface area contributed by atoms with E-state index in [1.165, 1.54) is 0 Å². The molecule has 0 aliphatic carbocycles. The van der Waals surface area contributed by atoms with Crippen molar-refractivity contribution in [3.8, 4) is 11.5 Å². The van der Waals surface area contributed by atoms with E-state index in [-0.39, 0.29) is 4.90 Å². The fourth-order valence-electron chi connectivity index (χ4n) is 2.66. The molecule has 146 valence electrons. The van der Waals surface area contributed by atoms with Crippen LogP contribution >= 0.6 is 11.6 Å². The Hall–Kier alpha value is -2.50. The molecule has 0 amide bonds. The van der Waals surface area contributed by atoms with Crippen molar-refractivity contribution in [2.45, 2.75) is 31.1 Å². The Kier molecular flexibility index (Phi) is 6.27. The first kappa shape index (κ1) is 20.2. The SMILES string of the molecule is CCC(C)c1ccc(S(=O)(=O)Nc2ccc(Oc3ccc(Cl)cc3)cc2)cc1. The number of hydrogen-bond donors (Lipinski definition) is 1. The standard InChI is InChI=1S/C22H22ClNO3S/c1-3-16(2)17-4-14-22(15-5-17)28(25,26)24-19-8-12-21(13-9-19)27-20-10-6-18(23)7-11-20/h4-16,24H,3H2,1-2H3. The number of rotatable bonds is 7. The van der Waals surface area contributed by atoms with Crippen molar-refractivity contribution < 1.29 is 13.2 Å². The molecule has 3 rings (SSSR count).